The monoisotopic (exact) mass is 320 g/mol. The summed E-state index contributed by atoms with van der Waals surface area (Å²) in [6.45, 7) is 3.12. The van der Waals surface area contributed by atoms with Crippen LogP contribution in [0.3, 0.4) is 0 Å². The first-order valence-corrected chi connectivity index (χ1v) is 7.97. The molecule has 2 atom stereocenters. The highest BCUT2D eigenvalue weighted by atomic mass is 16.5. The number of benzene rings is 1. The van der Waals surface area contributed by atoms with Crippen molar-refractivity contribution in [3.8, 4) is 11.5 Å². The number of carbonyl (C=O) groups excluding carboxylic acids is 1. The van der Waals surface area contributed by atoms with E-state index in [1.54, 1.807) is 32.4 Å². The number of methoxy groups -OCH3 is 2. The van der Waals surface area contributed by atoms with E-state index in [1.807, 2.05) is 4.90 Å². The minimum atomic E-state index is 0.0309. The molecule has 0 N–H and O–H groups in total. The average Bonchev–Trinajstić information content (AvgIpc) is 2.60. The van der Waals surface area contributed by atoms with Crippen molar-refractivity contribution in [2.75, 3.05) is 47.5 Å². The number of piperidine rings is 1. The van der Waals surface area contributed by atoms with E-state index in [-0.39, 0.29) is 18.1 Å². The Labute approximate surface area is 136 Å². The van der Waals surface area contributed by atoms with Gasteiger partial charge in [0.2, 0.25) is 0 Å². The van der Waals surface area contributed by atoms with Gasteiger partial charge in [-0.3, -0.25) is 9.69 Å². The Bertz CT molecular complexity index is 578. The molecule has 1 aromatic rings. The molecule has 1 amide bonds. The maximum atomic E-state index is 12.8. The van der Waals surface area contributed by atoms with Crippen LogP contribution in [-0.4, -0.2) is 75.4 Å². The largest absolute Gasteiger partial charge is 0.493 e. The van der Waals surface area contributed by atoms with Crippen LogP contribution < -0.4 is 9.47 Å². The molecule has 0 aliphatic carbocycles. The molecule has 2 fully saturated rings. The quantitative estimate of drug-likeness (QED) is 0.839. The van der Waals surface area contributed by atoms with E-state index in [0.717, 1.165) is 26.1 Å². The number of ether oxygens (including phenoxy) is 3. The second-order valence-electron chi connectivity index (χ2n) is 6.07. The van der Waals surface area contributed by atoms with Gasteiger partial charge in [-0.15, -0.1) is 0 Å². The highest BCUT2D eigenvalue weighted by Gasteiger charge is 2.37. The van der Waals surface area contributed by atoms with Gasteiger partial charge in [-0.2, -0.15) is 0 Å². The van der Waals surface area contributed by atoms with Gasteiger partial charge < -0.3 is 19.1 Å². The molecule has 0 spiro atoms. The van der Waals surface area contributed by atoms with Crippen LogP contribution in [0.5, 0.6) is 11.5 Å². The standard InChI is InChI=1S/C17H24N2O4/c1-18-8-9-23-14-6-7-19(11-13(14)18)17(20)12-4-5-15(21-2)16(10-12)22-3/h4-5,10,13-14H,6-9,11H2,1-3H3. The van der Waals surface area contributed by atoms with Gasteiger partial charge in [0.25, 0.3) is 5.91 Å². The summed E-state index contributed by atoms with van der Waals surface area (Å²) in [4.78, 5) is 17.0. The third-order valence-electron chi connectivity index (χ3n) is 4.78. The second-order valence-corrected chi connectivity index (χ2v) is 6.07. The summed E-state index contributed by atoms with van der Waals surface area (Å²) in [5.41, 5.74) is 0.625. The number of amides is 1. The number of rotatable bonds is 3. The fourth-order valence-corrected chi connectivity index (χ4v) is 3.38. The zero-order valence-electron chi connectivity index (χ0n) is 13.9. The fourth-order valence-electron chi connectivity index (χ4n) is 3.38. The Hall–Kier alpha value is -1.79. The van der Waals surface area contributed by atoms with E-state index in [9.17, 15) is 4.79 Å². The molecule has 2 aliphatic heterocycles. The van der Waals surface area contributed by atoms with Gasteiger partial charge in [0, 0.05) is 25.2 Å². The molecule has 0 bridgehead atoms. The normalized spacial score (nSPS) is 24.9. The van der Waals surface area contributed by atoms with Crippen LogP contribution in [0.25, 0.3) is 0 Å². The number of carbonyl (C=O) groups is 1. The predicted octanol–water partition coefficient (Wildman–Crippen LogP) is 1.25. The van der Waals surface area contributed by atoms with Crippen molar-refractivity contribution >= 4 is 5.91 Å². The molecule has 1 aromatic carbocycles. The van der Waals surface area contributed by atoms with Gasteiger partial charge in [-0.05, 0) is 31.7 Å². The summed E-state index contributed by atoms with van der Waals surface area (Å²) in [6, 6.07) is 5.58. The van der Waals surface area contributed by atoms with Crippen molar-refractivity contribution in [1.29, 1.82) is 0 Å². The SMILES string of the molecule is COc1ccc(C(=O)N2CCC3OCCN(C)C3C2)cc1OC. The molecule has 0 aromatic heterocycles. The van der Waals surface area contributed by atoms with Crippen LogP contribution in [0.4, 0.5) is 0 Å². The van der Waals surface area contributed by atoms with Crippen LogP contribution in [0, 0.1) is 0 Å². The lowest BCUT2D eigenvalue weighted by molar-refractivity contribution is -0.0893. The van der Waals surface area contributed by atoms with Crippen molar-refractivity contribution in [3.63, 3.8) is 0 Å². The van der Waals surface area contributed by atoms with E-state index in [2.05, 4.69) is 11.9 Å². The molecule has 6 heteroatoms. The fraction of sp³-hybridized carbons (Fsp3) is 0.588. The first kappa shape index (κ1) is 16.1. The zero-order valence-corrected chi connectivity index (χ0v) is 13.9. The Morgan fingerprint density at radius 3 is 2.74 bits per heavy atom. The Morgan fingerprint density at radius 1 is 1.22 bits per heavy atom. The van der Waals surface area contributed by atoms with Gasteiger partial charge in [0.1, 0.15) is 0 Å². The molecule has 0 saturated carbocycles. The minimum absolute atomic E-state index is 0.0309. The number of hydrogen-bond acceptors (Lipinski definition) is 5. The Balaban J connectivity index is 1.75. The number of likely N-dealkylation sites (tertiary alicyclic amines) is 1. The van der Waals surface area contributed by atoms with Crippen molar-refractivity contribution in [2.45, 2.75) is 18.6 Å². The van der Waals surface area contributed by atoms with E-state index < -0.39 is 0 Å². The molecular weight excluding hydrogens is 296 g/mol. The summed E-state index contributed by atoms with van der Waals surface area (Å²) < 4.78 is 16.4. The Kier molecular flexibility index (Phi) is 4.73. The minimum Gasteiger partial charge on any atom is -0.493 e. The molecule has 2 aliphatic rings. The molecular formula is C17H24N2O4. The molecule has 0 radical (unpaired) electrons. The van der Waals surface area contributed by atoms with Gasteiger partial charge in [0.05, 0.1) is 33.0 Å². The molecule has 2 heterocycles. The topological polar surface area (TPSA) is 51.2 Å². The zero-order chi connectivity index (χ0) is 16.4. The van der Waals surface area contributed by atoms with Crippen LogP contribution in [0.15, 0.2) is 18.2 Å². The van der Waals surface area contributed by atoms with Crippen LogP contribution in [-0.2, 0) is 4.74 Å². The maximum absolute atomic E-state index is 12.8. The smallest absolute Gasteiger partial charge is 0.254 e. The molecule has 3 rings (SSSR count). The highest BCUT2D eigenvalue weighted by Crippen LogP contribution is 2.29. The van der Waals surface area contributed by atoms with Crippen molar-refractivity contribution in [2.24, 2.45) is 0 Å². The highest BCUT2D eigenvalue weighted by molar-refractivity contribution is 5.95. The number of hydrogen-bond donors (Lipinski definition) is 0. The number of likely N-dealkylation sites (N-methyl/N-ethyl adjacent to an activating group) is 1. The lowest BCUT2D eigenvalue weighted by atomic mass is 9.98. The summed E-state index contributed by atoms with van der Waals surface area (Å²) >= 11 is 0. The van der Waals surface area contributed by atoms with E-state index in [1.165, 1.54) is 0 Å². The van der Waals surface area contributed by atoms with E-state index >= 15 is 0 Å². The lowest BCUT2D eigenvalue weighted by Gasteiger charge is -2.45. The van der Waals surface area contributed by atoms with Crippen LogP contribution in [0.1, 0.15) is 16.8 Å². The molecule has 6 nitrogen and oxygen atoms in total. The van der Waals surface area contributed by atoms with Crippen molar-refractivity contribution < 1.29 is 19.0 Å². The Morgan fingerprint density at radius 2 is 2.00 bits per heavy atom. The third kappa shape index (κ3) is 3.14. The van der Waals surface area contributed by atoms with Gasteiger partial charge in [0.15, 0.2) is 11.5 Å². The van der Waals surface area contributed by atoms with Gasteiger partial charge in [-0.1, -0.05) is 0 Å². The summed E-state index contributed by atoms with van der Waals surface area (Å²) in [6.07, 6.45) is 1.12. The van der Waals surface area contributed by atoms with E-state index in [0.29, 0.717) is 23.6 Å². The summed E-state index contributed by atoms with van der Waals surface area (Å²) in [5, 5.41) is 0. The maximum Gasteiger partial charge on any atom is 0.254 e. The second kappa shape index (κ2) is 6.76. The number of nitrogens with zero attached hydrogens (tertiary/aromatic N) is 2. The number of fused-ring (bicyclic) bond motifs is 1. The average molecular weight is 320 g/mol. The van der Waals surface area contributed by atoms with Crippen LogP contribution >= 0.6 is 0 Å². The van der Waals surface area contributed by atoms with Gasteiger partial charge in [-0.25, -0.2) is 0 Å². The van der Waals surface area contributed by atoms with Crippen molar-refractivity contribution in [3.05, 3.63) is 23.8 Å². The number of morpholine rings is 1. The summed E-state index contributed by atoms with van der Waals surface area (Å²) in [5.74, 6) is 1.23. The molecule has 23 heavy (non-hydrogen) atoms. The van der Waals surface area contributed by atoms with Crippen LogP contribution in [0.2, 0.25) is 0 Å². The predicted molar refractivity (Wildman–Crippen MR) is 86.2 cm³/mol. The molecule has 126 valence electrons. The summed E-state index contributed by atoms with van der Waals surface area (Å²) in [7, 11) is 5.26. The molecule has 2 unspecified atom stereocenters. The first-order valence-electron chi connectivity index (χ1n) is 7.97. The lowest BCUT2D eigenvalue weighted by Crippen LogP contribution is -2.59. The molecule has 2 saturated heterocycles. The first-order chi connectivity index (χ1) is 11.1. The van der Waals surface area contributed by atoms with E-state index in [4.69, 9.17) is 14.2 Å². The third-order valence-corrected chi connectivity index (χ3v) is 4.78. The van der Waals surface area contributed by atoms with Crippen molar-refractivity contribution in [1.82, 2.24) is 9.80 Å². The van der Waals surface area contributed by atoms with Gasteiger partial charge >= 0.3 is 0 Å².